The molecule has 1 aromatic heterocycles. The van der Waals surface area contributed by atoms with E-state index in [1.807, 2.05) is 19.1 Å². The van der Waals surface area contributed by atoms with Gasteiger partial charge in [-0.15, -0.1) is 0 Å². The number of hydrogen-bond donors (Lipinski definition) is 0. The highest BCUT2D eigenvalue weighted by Crippen LogP contribution is 2.32. The molecule has 4 rings (SSSR count). The third kappa shape index (κ3) is 6.57. The monoisotopic (exact) mass is 515 g/mol. The molecule has 0 bridgehead atoms. The fourth-order valence-corrected chi connectivity index (χ4v) is 5.79. The van der Waals surface area contributed by atoms with E-state index in [2.05, 4.69) is 14.3 Å². The van der Waals surface area contributed by atoms with Crippen molar-refractivity contribution < 1.29 is 22.8 Å². The van der Waals surface area contributed by atoms with Crippen LogP contribution in [0.4, 0.5) is 10.1 Å². The minimum absolute atomic E-state index is 0.0343. The largest absolute Gasteiger partial charge is 0.490 e. The Kier molecular flexibility index (Phi) is 8.54. The second-order valence-electron chi connectivity index (χ2n) is 9.41. The van der Waals surface area contributed by atoms with Gasteiger partial charge in [0.25, 0.3) is 0 Å². The van der Waals surface area contributed by atoms with Crippen LogP contribution in [0.2, 0.25) is 0 Å². The lowest BCUT2D eigenvalue weighted by molar-refractivity contribution is 0.0324. The molecular formula is C27H34FN3O4S. The molecule has 0 radical (unpaired) electrons. The number of rotatable bonds is 9. The summed E-state index contributed by atoms with van der Waals surface area (Å²) >= 11 is 0. The smallest absolute Gasteiger partial charge is 0.126 e. The number of halogens is 1. The molecule has 1 aliphatic carbocycles. The molecule has 1 saturated carbocycles. The van der Waals surface area contributed by atoms with E-state index in [0.29, 0.717) is 30.2 Å². The van der Waals surface area contributed by atoms with E-state index < -0.39 is 9.73 Å². The van der Waals surface area contributed by atoms with E-state index >= 15 is 0 Å². The average molecular weight is 516 g/mol. The molecule has 1 heterocycles. The Bertz CT molecular complexity index is 1330. The van der Waals surface area contributed by atoms with E-state index in [-0.39, 0.29) is 18.0 Å². The first-order valence-electron chi connectivity index (χ1n) is 12.2. The number of fused-ring (bicyclic) bond motifs is 1. The summed E-state index contributed by atoms with van der Waals surface area (Å²) in [5.74, 6) is 0.581. The maximum absolute atomic E-state index is 14.2. The molecule has 1 fully saturated rings. The van der Waals surface area contributed by atoms with Gasteiger partial charge in [-0.1, -0.05) is 6.07 Å². The first kappa shape index (κ1) is 26.4. The number of ether oxygens (including phenoxy) is 3. The Balaban J connectivity index is 1.63. The highest BCUT2D eigenvalue weighted by molar-refractivity contribution is 7.93. The van der Waals surface area contributed by atoms with Crippen molar-refractivity contribution in [3.05, 3.63) is 59.3 Å². The molecule has 7 nitrogen and oxygen atoms in total. The highest BCUT2D eigenvalue weighted by Gasteiger charge is 2.23. The van der Waals surface area contributed by atoms with Gasteiger partial charge in [0.05, 0.1) is 51.2 Å². The summed E-state index contributed by atoms with van der Waals surface area (Å²) in [5, 5.41) is 0.909. The summed E-state index contributed by atoms with van der Waals surface area (Å²) in [6.45, 7) is 2.35. The summed E-state index contributed by atoms with van der Waals surface area (Å²) < 4.78 is 48.2. The Labute approximate surface area is 212 Å². The van der Waals surface area contributed by atoms with Crippen molar-refractivity contribution in [2.24, 2.45) is 4.36 Å². The molecule has 194 valence electrons. The maximum Gasteiger partial charge on any atom is 0.126 e. The van der Waals surface area contributed by atoms with Crippen LogP contribution in [0.3, 0.4) is 0 Å². The van der Waals surface area contributed by atoms with Gasteiger partial charge < -0.3 is 14.2 Å². The molecule has 1 atom stereocenters. The molecule has 0 N–H and O–H groups in total. The van der Waals surface area contributed by atoms with E-state index in [1.165, 1.54) is 18.5 Å². The van der Waals surface area contributed by atoms with Gasteiger partial charge in [0.1, 0.15) is 17.9 Å². The minimum atomic E-state index is -2.42. The second-order valence-corrected chi connectivity index (χ2v) is 11.9. The van der Waals surface area contributed by atoms with Crippen molar-refractivity contribution in [3.8, 4) is 5.75 Å². The van der Waals surface area contributed by atoms with Crippen LogP contribution in [0.1, 0.15) is 42.5 Å². The Morgan fingerprint density at radius 3 is 2.56 bits per heavy atom. The lowest BCUT2D eigenvalue weighted by atomic mass is 9.94. The lowest BCUT2D eigenvalue weighted by Crippen LogP contribution is -2.28. The van der Waals surface area contributed by atoms with Gasteiger partial charge in [-0.3, -0.25) is 0 Å². The Morgan fingerprint density at radius 2 is 1.83 bits per heavy atom. The summed E-state index contributed by atoms with van der Waals surface area (Å²) in [6, 6.07) is 8.42. The predicted molar refractivity (Wildman–Crippen MR) is 140 cm³/mol. The normalized spacial score (nSPS) is 19.7. The quantitative estimate of drug-likeness (QED) is 0.381. The minimum Gasteiger partial charge on any atom is -0.490 e. The van der Waals surface area contributed by atoms with Crippen molar-refractivity contribution in [3.63, 3.8) is 0 Å². The van der Waals surface area contributed by atoms with E-state index in [1.54, 1.807) is 26.5 Å². The van der Waals surface area contributed by atoms with Crippen molar-refractivity contribution in [1.29, 1.82) is 0 Å². The van der Waals surface area contributed by atoms with E-state index in [4.69, 9.17) is 14.2 Å². The topological polar surface area (TPSA) is 82.9 Å². The number of nitrogens with zero attached hydrogens (tertiary/aromatic N) is 3. The zero-order chi connectivity index (χ0) is 25.7. The molecule has 9 heteroatoms. The van der Waals surface area contributed by atoms with Crippen LogP contribution in [0.15, 0.2) is 41.0 Å². The Hall–Kier alpha value is -2.62. The Morgan fingerprint density at radius 1 is 1.08 bits per heavy atom. The van der Waals surface area contributed by atoms with Crippen LogP contribution < -0.4 is 4.74 Å². The van der Waals surface area contributed by atoms with Gasteiger partial charge in [0, 0.05) is 43.9 Å². The van der Waals surface area contributed by atoms with Crippen molar-refractivity contribution in [2.75, 3.05) is 32.8 Å². The standard InChI is InChI=1S/C27H34FN3O4S/c1-18-13-21(31-36(4,32)12-11-33-2)16-25-27(18)24(29-17-30-25)14-19-5-6-20(28)15-26(19)35-23-9-7-22(34-3)8-10-23/h5-6,13,15-17,22-23H,7-12,14H2,1-4H3. The second kappa shape index (κ2) is 11.6. The molecule has 2 aromatic carbocycles. The van der Waals surface area contributed by atoms with Gasteiger partial charge in [0.2, 0.25) is 0 Å². The van der Waals surface area contributed by atoms with Crippen LogP contribution in [0, 0.1) is 12.7 Å². The molecule has 0 amide bonds. The molecule has 1 unspecified atom stereocenters. The fourth-order valence-electron chi connectivity index (χ4n) is 4.68. The zero-order valence-electron chi connectivity index (χ0n) is 21.3. The van der Waals surface area contributed by atoms with E-state index in [9.17, 15) is 8.60 Å². The summed E-state index contributed by atoms with van der Waals surface area (Å²) in [4.78, 5) is 9.01. The molecule has 1 aliphatic rings. The van der Waals surface area contributed by atoms with Crippen molar-refractivity contribution >= 4 is 26.3 Å². The van der Waals surface area contributed by atoms with Gasteiger partial charge in [-0.05, 0) is 56.4 Å². The molecule has 0 saturated heterocycles. The summed E-state index contributed by atoms with van der Waals surface area (Å²) in [6.07, 6.45) is 7.55. The van der Waals surface area contributed by atoms with E-state index in [0.717, 1.165) is 53.4 Å². The van der Waals surface area contributed by atoms with Crippen molar-refractivity contribution in [2.45, 2.75) is 51.2 Å². The highest BCUT2D eigenvalue weighted by atomic mass is 32.2. The van der Waals surface area contributed by atoms with Crippen LogP contribution in [0.5, 0.6) is 5.75 Å². The third-order valence-corrected chi connectivity index (χ3v) is 8.12. The molecule has 3 aromatic rings. The van der Waals surface area contributed by atoms with Gasteiger partial charge in [-0.25, -0.2) is 18.6 Å². The summed E-state index contributed by atoms with van der Waals surface area (Å²) in [7, 11) is 0.897. The average Bonchev–Trinajstić information content (AvgIpc) is 2.84. The number of aromatic nitrogens is 2. The first-order chi connectivity index (χ1) is 17.3. The summed E-state index contributed by atoms with van der Waals surface area (Å²) in [5.41, 5.74) is 3.97. The molecular weight excluding hydrogens is 481 g/mol. The maximum atomic E-state index is 14.2. The molecule has 0 spiro atoms. The number of methoxy groups -OCH3 is 2. The van der Waals surface area contributed by atoms with Crippen LogP contribution in [-0.2, 0) is 25.6 Å². The predicted octanol–water partition coefficient (Wildman–Crippen LogP) is 5.38. The SMILES string of the molecule is COCCS(C)(=O)=Nc1cc(C)c2c(Cc3ccc(F)cc3OC3CCC(OC)CC3)ncnc2c1. The number of hydrogen-bond acceptors (Lipinski definition) is 7. The molecule has 0 aliphatic heterocycles. The van der Waals surface area contributed by atoms with Crippen LogP contribution in [-0.4, -0.2) is 59.2 Å². The van der Waals surface area contributed by atoms with Gasteiger partial charge in [0.15, 0.2) is 0 Å². The van der Waals surface area contributed by atoms with Crippen molar-refractivity contribution in [1.82, 2.24) is 9.97 Å². The number of benzene rings is 2. The fraction of sp³-hybridized carbons (Fsp3) is 0.481. The van der Waals surface area contributed by atoms with Crippen LogP contribution in [0.25, 0.3) is 10.9 Å². The van der Waals surface area contributed by atoms with Crippen LogP contribution >= 0.6 is 0 Å². The number of aryl methyl sites for hydroxylation is 1. The first-order valence-corrected chi connectivity index (χ1v) is 14.3. The van der Waals surface area contributed by atoms with Gasteiger partial charge in [-0.2, -0.15) is 4.36 Å². The third-order valence-electron chi connectivity index (χ3n) is 6.60. The zero-order valence-corrected chi connectivity index (χ0v) is 22.1. The van der Waals surface area contributed by atoms with Gasteiger partial charge >= 0.3 is 0 Å². The lowest BCUT2D eigenvalue weighted by Gasteiger charge is -2.28. The molecule has 36 heavy (non-hydrogen) atoms.